The van der Waals surface area contributed by atoms with Gasteiger partial charge >= 0.3 is 0 Å². The molecule has 3 heteroatoms. The van der Waals surface area contributed by atoms with Gasteiger partial charge in [-0.15, -0.1) is 0 Å². The van der Waals surface area contributed by atoms with E-state index in [1.165, 1.54) is 7.11 Å². The van der Waals surface area contributed by atoms with Gasteiger partial charge in [0.1, 0.15) is 13.7 Å². The van der Waals surface area contributed by atoms with E-state index in [4.69, 9.17) is 4.74 Å². The second-order valence-electron chi connectivity index (χ2n) is 3.48. The fourth-order valence-electron chi connectivity index (χ4n) is 1.19. The standard InChI is InChI=1S/C14H17NO2/c1-12(2)14(15-16-3)17-11-7-10-13-8-5-4-6-9-13/h4-10H,1,11H2,2-3H3/b10-7+,15-14-. The highest BCUT2D eigenvalue weighted by atomic mass is 16.6. The first kappa shape index (κ1) is 13.0. The quantitative estimate of drug-likeness (QED) is 0.442. The minimum atomic E-state index is 0.421. The van der Waals surface area contributed by atoms with E-state index in [1.54, 1.807) is 0 Å². The van der Waals surface area contributed by atoms with Gasteiger partial charge in [0.25, 0.3) is 5.90 Å². The number of hydrogen-bond donors (Lipinski definition) is 0. The normalized spacial score (nSPS) is 11.5. The minimum absolute atomic E-state index is 0.421. The van der Waals surface area contributed by atoms with Crippen LogP contribution in [0.25, 0.3) is 6.08 Å². The van der Waals surface area contributed by atoms with Crippen molar-refractivity contribution in [1.82, 2.24) is 0 Å². The van der Waals surface area contributed by atoms with E-state index < -0.39 is 0 Å². The lowest BCUT2D eigenvalue weighted by Crippen LogP contribution is -2.06. The maximum atomic E-state index is 5.40. The van der Waals surface area contributed by atoms with Crippen LogP contribution < -0.4 is 0 Å². The summed E-state index contributed by atoms with van der Waals surface area (Å²) in [4.78, 5) is 4.66. The third kappa shape index (κ3) is 5.02. The number of nitrogens with zero attached hydrogens (tertiary/aromatic N) is 1. The molecule has 0 aliphatic carbocycles. The summed E-state index contributed by atoms with van der Waals surface area (Å²) >= 11 is 0. The lowest BCUT2D eigenvalue weighted by molar-refractivity contribution is 0.196. The molecule has 17 heavy (non-hydrogen) atoms. The van der Waals surface area contributed by atoms with Crippen molar-refractivity contribution in [2.75, 3.05) is 13.7 Å². The van der Waals surface area contributed by atoms with E-state index in [2.05, 4.69) is 16.6 Å². The van der Waals surface area contributed by atoms with Crippen LogP contribution in [0.4, 0.5) is 0 Å². The van der Waals surface area contributed by atoms with Crippen LogP contribution in [0.15, 0.2) is 53.7 Å². The Hall–Kier alpha value is -2.03. The zero-order valence-electron chi connectivity index (χ0n) is 10.2. The molecular formula is C14H17NO2. The Morgan fingerprint density at radius 3 is 2.65 bits per heavy atom. The number of hydrogen-bond acceptors (Lipinski definition) is 3. The van der Waals surface area contributed by atoms with Gasteiger partial charge in [-0.05, 0) is 23.7 Å². The molecular weight excluding hydrogens is 214 g/mol. The molecule has 90 valence electrons. The first-order valence-electron chi connectivity index (χ1n) is 5.35. The smallest absolute Gasteiger partial charge is 0.252 e. The predicted molar refractivity (Wildman–Crippen MR) is 70.7 cm³/mol. The van der Waals surface area contributed by atoms with E-state index in [1.807, 2.05) is 49.4 Å². The van der Waals surface area contributed by atoms with Crippen molar-refractivity contribution in [1.29, 1.82) is 0 Å². The maximum Gasteiger partial charge on any atom is 0.252 e. The maximum absolute atomic E-state index is 5.40. The molecule has 0 amide bonds. The van der Waals surface area contributed by atoms with Crippen LogP contribution in [0.1, 0.15) is 12.5 Å². The van der Waals surface area contributed by atoms with Crippen LogP contribution in [0.3, 0.4) is 0 Å². The Labute approximate surface area is 102 Å². The largest absolute Gasteiger partial charge is 0.471 e. The van der Waals surface area contributed by atoms with Gasteiger partial charge in [0.2, 0.25) is 0 Å². The highest BCUT2D eigenvalue weighted by Crippen LogP contribution is 2.02. The second kappa shape index (κ2) is 7.28. The fraction of sp³-hybridized carbons (Fsp3) is 0.214. The van der Waals surface area contributed by atoms with Crippen LogP contribution in [-0.2, 0) is 9.57 Å². The molecule has 0 heterocycles. The number of benzene rings is 1. The summed E-state index contributed by atoms with van der Waals surface area (Å²) in [5, 5.41) is 3.73. The molecule has 0 saturated carbocycles. The molecule has 0 spiro atoms. The van der Waals surface area contributed by atoms with Crippen molar-refractivity contribution in [3.63, 3.8) is 0 Å². The predicted octanol–water partition coefficient (Wildman–Crippen LogP) is 3.25. The Balaban J connectivity index is 2.44. The lowest BCUT2D eigenvalue weighted by Gasteiger charge is -2.05. The van der Waals surface area contributed by atoms with Gasteiger partial charge < -0.3 is 9.57 Å². The second-order valence-corrected chi connectivity index (χ2v) is 3.48. The van der Waals surface area contributed by atoms with E-state index in [9.17, 15) is 0 Å². The molecule has 0 radical (unpaired) electrons. The Morgan fingerprint density at radius 2 is 2.06 bits per heavy atom. The number of oxime groups is 1. The first-order valence-corrected chi connectivity index (χ1v) is 5.35. The SMILES string of the molecule is C=C(C)/C(=N/OC)OC/C=C/c1ccccc1. The average molecular weight is 231 g/mol. The molecule has 0 bridgehead atoms. The van der Waals surface area contributed by atoms with Crippen LogP contribution in [0, 0.1) is 0 Å². The van der Waals surface area contributed by atoms with E-state index in [-0.39, 0.29) is 0 Å². The summed E-state index contributed by atoms with van der Waals surface area (Å²) in [6.45, 7) is 6.00. The lowest BCUT2D eigenvalue weighted by atomic mass is 10.2. The first-order chi connectivity index (χ1) is 8.24. The summed E-state index contributed by atoms with van der Waals surface area (Å²) in [5.74, 6) is 0.421. The molecule has 0 atom stereocenters. The van der Waals surface area contributed by atoms with Crippen molar-refractivity contribution >= 4 is 12.0 Å². The van der Waals surface area contributed by atoms with Crippen LogP contribution in [-0.4, -0.2) is 19.6 Å². The molecule has 0 fully saturated rings. The summed E-state index contributed by atoms with van der Waals surface area (Å²) in [6.07, 6.45) is 3.91. The summed E-state index contributed by atoms with van der Waals surface area (Å²) in [7, 11) is 1.48. The van der Waals surface area contributed by atoms with Gasteiger partial charge in [0, 0.05) is 5.57 Å². The van der Waals surface area contributed by atoms with E-state index in [0.717, 1.165) is 11.1 Å². The van der Waals surface area contributed by atoms with Crippen molar-refractivity contribution in [3.8, 4) is 0 Å². The van der Waals surface area contributed by atoms with Gasteiger partial charge in [-0.3, -0.25) is 0 Å². The van der Waals surface area contributed by atoms with Crippen molar-refractivity contribution in [2.24, 2.45) is 5.16 Å². The van der Waals surface area contributed by atoms with Crippen molar-refractivity contribution < 1.29 is 9.57 Å². The third-order valence-electron chi connectivity index (χ3n) is 1.97. The molecule has 0 aromatic heterocycles. The molecule has 0 aliphatic heterocycles. The highest BCUT2D eigenvalue weighted by Gasteiger charge is 2.00. The van der Waals surface area contributed by atoms with E-state index >= 15 is 0 Å². The number of rotatable bonds is 5. The monoisotopic (exact) mass is 231 g/mol. The summed E-state index contributed by atoms with van der Waals surface area (Å²) in [5.41, 5.74) is 1.87. The number of ether oxygens (including phenoxy) is 1. The van der Waals surface area contributed by atoms with E-state index in [0.29, 0.717) is 12.5 Å². The minimum Gasteiger partial charge on any atom is -0.471 e. The Kier molecular flexibility index (Phi) is 5.58. The molecule has 0 saturated heterocycles. The molecule has 0 unspecified atom stereocenters. The third-order valence-corrected chi connectivity index (χ3v) is 1.97. The summed E-state index contributed by atoms with van der Waals surface area (Å²) in [6, 6.07) is 10.0. The van der Waals surface area contributed by atoms with Crippen molar-refractivity contribution in [2.45, 2.75) is 6.92 Å². The van der Waals surface area contributed by atoms with Crippen molar-refractivity contribution in [3.05, 3.63) is 54.1 Å². The molecule has 0 N–H and O–H groups in total. The highest BCUT2D eigenvalue weighted by molar-refractivity contribution is 5.91. The molecule has 1 aromatic carbocycles. The zero-order valence-corrected chi connectivity index (χ0v) is 10.2. The zero-order chi connectivity index (χ0) is 12.5. The van der Waals surface area contributed by atoms with Gasteiger partial charge in [-0.1, -0.05) is 43.0 Å². The Bertz CT molecular complexity index is 407. The van der Waals surface area contributed by atoms with Crippen LogP contribution in [0.2, 0.25) is 0 Å². The van der Waals surface area contributed by atoms with Crippen LogP contribution in [0.5, 0.6) is 0 Å². The van der Waals surface area contributed by atoms with Gasteiger partial charge in [0.15, 0.2) is 0 Å². The fourth-order valence-corrected chi connectivity index (χ4v) is 1.19. The molecule has 3 nitrogen and oxygen atoms in total. The van der Waals surface area contributed by atoms with Gasteiger partial charge in [0.05, 0.1) is 0 Å². The van der Waals surface area contributed by atoms with Gasteiger partial charge in [-0.2, -0.15) is 0 Å². The van der Waals surface area contributed by atoms with Gasteiger partial charge in [-0.25, -0.2) is 0 Å². The Morgan fingerprint density at radius 1 is 1.35 bits per heavy atom. The molecule has 0 aliphatic rings. The van der Waals surface area contributed by atoms with Crippen LogP contribution >= 0.6 is 0 Å². The molecule has 1 rings (SSSR count). The topological polar surface area (TPSA) is 30.8 Å². The molecule has 1 aromatic rings. The summed E-state index contributed by atoms with van der Waals surface area (Å²) < 4.78 is 5.40. The average Bonchev–Trinajstić information content (AvgIpc) is 2.34.